The number of non-ortho nitro benzene ring substituents is 1. The van der Waals surface area contributed by atoms with Crippen molar-refractivity contribution in [1.82, 2.24) is 5.32 Å². The molecule has 2 aromatic carbocycles. The second kappa shape index (κ2) is 8.51. The van der Waals surface area contributed by atoms with Gasteiger partial charge >= 0.3 is 12.1 Å². The van der Waals surface area contributed by atoms with E-state index in [1.165, 1.54) is 24.3 Å². The molecule has 0 heterocycles. The highest BCUT2D eigenvalue weighted by Gasteiger charge is 2.30. The fourth-order valence-corrected chi connectivity index (χ4v) is 2.48. The molecule has 2 aromatic rings. The Balaban J connectivity index is 2.04. The molecule has 0 saturated carbocycles. The van der Waals surface area contributed by atoms with Crippen LogP contribution in [0.1, 0.15) is 16.7 Å². The fraction of sp³-hybridized carbons (Fsp3) is 0.222. The molecule has 2 N–H and O–H groups in total. The summed E-state index contributed by atoms with van der Waals surface area (Å²) in [5, 5.41) is 22.3. The van der Waals surface area contributed by atoms with Gasteiger partial charge in [-0.25, -0.2) is 4.79 Å². The molecule has 0 aliphatic rings. The Morgan fingerprint density at radius 3 is 2.29 bits per heavy atom. The maximum Gasteiger partial charge on any atom is 0.416 e. The van der Waals surface area contributed by atoms with Gasteiger partial charge in [0.15, 0.2) is 0 Å². The lowest BCUT2D eigenvalue weighted by Crippen LogP contribution is -2.43. The van der Waals surface area contributed by atoms with Gasteiger partial charge in [-0.2, -0.15) is 13.2 Å². The summed E-state index contributed by atoms with van der Waals surface area (Å²) in [6.45, 7) is 0. The van der Waals surface area contributed by atoms with Crippen LogP contribution in [0.25, 0.3) is 0 Å². The summed E-state index contributed by atoms with van der Waals surface area (Å²) in [7, 11) is 0. The predicted octanol–water partition coefficient (Wildman–Crippen LogP) is 2.97. The number of carbonyl (C=O) groups is 2. The summed E-state index contributed by atoms with van der Waals surface area (Å²) in [4.78, 5) is 33.6. The van der Waals surface area contributed by atoms with Crippen molar-refractivity contribution in [2.24, 2.45) is 0 Å². The number of nitro benzene ring substituents is 1. The van der Waals surface area contributed by atoms with Gasteiger partial charge in [0.2, 0.25) is 5.91 Å². The monoisotopic (exact) mass is 396 g/mol. The third-order valence-electron chi connectivity index (χ3n) is 3.84. The van der Waals surface area contributed by atoms with Crippen molar-refractivity contribution in [3.8, 4) is 0 Å². The molecule has 0 spiro atoms. The van der Waals surface area contributed by atoms with E-state index in [0.717, 1.165) is 24.3 Å². The topological polar surface area (TPSA) is 110 Å². The second-order valence-electron chi connectivity index (χ2n) is 5.96. The minimum atomic E-state index is -4.50. The number of nitrogens with zero attached hydrogens (tertiary/aromatic N) is 1. The number of carboxylic acids is 1. The van der Waals surface area contributed by atoms with E-state index in [9.17, 15) is 38.0 Å². The number of halogens is 3. The number of hydrogen-bond donors (Lipinski definition) is 2. The van der Waals surface area contributed by atoms with Crippen molar-refractivity contribution in [1.29, 1.82) is 0 Å². The Hall–Kier alpha value is -3.43. The van der Waals surface area contributed by atoms with Gasteiger partial charge in [-0.15, -0.1) is 0 Å². The van der Waals surface area contributed by atoms with E-state index in [1.54, 1.807) is 0 Å². The summed E-state index contributed by atoms with van der Waals surface area (Å²) in [5.74, 6) is -2.04. The first-order chi connectivity index (χ1) is 13.1. The average molecular weight is 396 g/mol. The van der Waals surface area contributed by atoms with Crippen LogP contribution in [0.3, 0.4) is 0 Å². The zero-order chi connectivity index (χ0) is 20.9. The lowest BCUT2D eigenvalue weighted by atomic mass is 10.0. The molecule has 0 saturated heterocycles. The number of alkyl halides is 3. The molecule has 0 aliphatic carbocycles. The van der Waals surface area contributed by atoms with Crippen molar-refractivity contribution in [3.05, 3.63) is 75.3 Å². The van der Waals surface area contributed by atoms with Crippen LogP contribution in [0.2, 0.25) is 0 Å². The first kappa shape index (κ1) is 20.9. The molecule has 0 aliphatic heterocycles. The van der Waals surface area contributed by atoms with Gasteiger partial charge in [0.05, 0.1) is 16.9 Å². The largest absolute Gasteiger partial charge is 0.480 e. The number of nitro groups is 1. The van der Waals surface area contributed by atoms with Crippen LogP contribution in [-0.2, 0) is 28.6 Å². The van der Waals surface area contributed by atoms with Crippen molar-refractivity contribution in [2.75, 3.05) is 0 Å². The number of hydrogen-bond acceptors (Lipinski definition) is 4. The summed E-state index contributed by atoms with van der Waals surface area (Å²) < 4.78 is 37.7. The van der Waals surface area contributed by atoms with E-state index in [-0.39, 0.29) is 18.5 Å². The Labute approximate surface area is 156 Å². The van der Waals surface area contributed by atoms with Gasteiger partial charge in [-0.05, 0) is 23.3 Å². The summed E-state index contributed by atoms with van der Waals surface area (Å²) in [6.07, 6.45) is -5.00. The van der Waals surface area contributed by atoms with Gasteiger partial charge in [0.25, 0.3) is 5.69 Å². The molecule has 0 bridgehead atoms. The molecule has 10 heteroatoms. The maximum atomic E-state index is 12.6. The number of aliphatic carboxylic acids is 1. The van der Waals surface area contributed by atoms with Gasteiger partial charge in [0, 0.05) is 18.6 Å². The minimum absolute atomic E-state index is 0.204. The minimum Gasteiger partial charge on any atom is -0.480 e. The molecule has 7 nitrogen and oxygen atoms in total. The fourth-order valence-electron chi connectivity index (χ4n) is 2.48. The molecule has 2 rings (SSSR count). The number of nitrogens with one attached hydrogen (secondary N) is 1. The number of benzene rings is 2. The number of amides is 1. The van der Waals surface area contributed by atoms with Crippen LogP contribution in [0, 0.1) is 10.1 Å². The molecule has 1 amide bonds. The smallest absolute Gasteiger partial charge is 0.416 e. The van der Waals surface area contributed by atoms with Gasteiger partial charge in [0.1, 0.15) is 6.04 Å². The molecule has 1 atom stereocenters. The van der Waals surface area contributed by atoms with Crippen molar-refractivity contribution >= 4 is 17.6 Å². The zero-order valence-electron chi connectivity index (χ0n) is 14.3. The Kier molecular flexibility index (Phi) is 6.34. The Morgan fingerprint density at radius 2 is 1.75 bits per heavy atom. The number of carbonyl (C=O) groups excluding carboxylic acids is 1. The van der Waals surface area contributed by atoms with Crippen molar-refractivity contribution in [2.45, 2.75) is 25.1 Å². The van der Waals surface area contributed by atoms with Crippen molar-refractivity contribution in [3.63, 3.8) is 0 Å². The van der Waals surface area contributed by atoms with E-state index in [2.05, 4.69) is 5.32 Å². The Bertz CT molecular complexity index is 882. The van der Waals surface area contributed by atoms with E-state index < -0.39 is 34.6 Å². The quantitative estimate of drug-likeness (QED) is 0.552. The highest BCUT2D eigenvalue weighted by atomic mass is 19.4. The summed E-state index contributed by atoms with van der Waals surface area (Å²) in [5.41, 5.74) is -0.441. The third kappa shape index (κ3) is 5.79. The van der Waals surface area contributed by atoms with Crippen LogP contribution in [0.15, 0.2) is 48.5 Å². The van der Waals surface area contributed by atoms with E-state index in [1.807, 2.05) is 0 Å². The third-order valence-corrected chi connectivity index (χ3v) is 3.84. The normalized spacial score (nSPS) is 12.2. The van der Waals surface area contributed by atoms with Crippen LogP contribution in [0.4, 0.5) is 18.9 Å². The van der Waals surface area contributed by atoms with Gasteiger partial charge in [-0.3, -0.25) is 14.9 Å². The van der Waals surface area contributed by atoms with E-state index in [0.29, 0.717) is 11.1 Å². The first-order valence-electron chi connectivity index (χ1n) is 7.98. The number of carboxylic acid groups (broad SMARTS) is 1. The maximum absolute atomic E-state index is 12.6. The van der Waals surface area contributed by atoms with Crippen molar-refractivity contribution < 1.29 is 32.8 Å². The average Bonchev–Trinajstić information content (AvgIpc) is 2.61. The molecule has 148 valence electrons. The number of rotatable bonds is 7. The standard InChI is InChI=1S/C18H15F3N2O5/c19-18(20,21)13-6-4-11(5-7-13)9-15(17(25)26)22-16(24)10-12-2-1-3-14(8-12)23(27)28/h1-8,15H,9-10H2,(H,22,24)(H,25,26)/t15-/m0/s1. The van der Waals surface area contributed by atoms with E-state index >= 15 is 0 Å². The lowest BCUT2D eigenvalue weighted by Gasteiger charge is -2.15. The van der Waals surface area contributed by atoms with Crippen LogP contribution >= 0.6 is 0 Å². The molecular formula is C18H15F3N2O5. The molecule has 0 aromatic heterocycles. The second-order valence-corrected chi connectivity index (χ2v) is 5.96. The van der Waals surface area contributed by atoms with Gasteiger partial charge in [-0.1, -0.05) is 24.3 Å². The molecular weight excluding hydrogens is 381 g/mol. The Morgan fingerprint density at radius 1 is 1.11 bits per heavy atom. The SMILES string of the molecule is O=C(Cc1cccc([N+](=O)[O-])c1)N[C@@H](Cc1ccc(C(F)(F)F)cc1)C(=O)O. The van der Waals surface area contributed by atoms with Crippen LogP contribution in [-0.4, -0.2) is 27.9 Å². The van der Waals surface area contributed by atoms with Crippen LogP contribution in [0.5, 0.6) is 0 Å². The molecule has 0 unspecified atom stereocenters. The lowest BCUT2D eigenvalue weighted by molar-refractivity contribution is -0.384. The highest BCUT2D eigenvalue weighted by molar-refractivity contribution is 5.85. The first-order valence-corrected chi connectivity index (χ1v) is 7.98. The molecule has 0 fully saturated rings. The molecule has 0 radical (unpaired) electrons. The highest BCUT2D eigenvalue weighted by Crippen LogP contribution is 2.29. The van der Waals surface area contributed by atoms with Gasteiger partial charge < -0.3 is 10.4 Å². The summed E-state index contributed by atoms with van der Waals surface area (Å²) >= 11 is 0. The zero-order valence-corrected chi connectivity index (χ0v) is 14.3. The molecule has 28 heavy (non-hydrogen) atoms. The van der Waals surface area contributed by atoms with Crippen LogP contribution < -0.4 is 5.32 Å². The predicted molar refractivity (Wildman–Crippen MR) is 91.5 cm³/mol. The summed E-state index contributed by atoms with van der Waals surface area (Å²) in [6, 6.07) is 7.94. The van der Waals surface area contributed by atoms with E-state index in [4.69, 9.17) is 0 Å².